The van der Waals surface area contributed by atoms with E-state index in [1.165, 1.54) is 4.90 Å². The Labute approximate surface area is 104 Å². The second-order valence-electron chi connectivity index (χ2n) is 4.12. The van der Waals surface area contributed by atoms with Crippen LogP contribution in [0, 0.1) is 5.92 Å². The zero-order valence-electron chi connectivity index (χ0n) is 9.06. The molecule has 1 atom stereocenters. The van der Waals surface area contributed by atoms with Gasteiger partial charge in [-0.3, -0.25) is 4.79 Å². The van der Waals surface area contributed by atoms with Crippen LogP contribution in [-0.4, -0.2) is 23.3 Å². The van der Waals surface area contributed by atoms with Gasteiger partial charge in [-0.2, -0.15) is 0 Å². The molecule has 1 aliphatic heterocycles. The summed E-state index contributed by atoms with van der Waals surface area (Å²) in [5, 5.41) is 11.3. The Morgan fingerprint density at radius 3 is 2.88 bits per heavy atom. The quantitative estimate of drug-likeness (QED) is 0.784. The second-order valence-corrected chi connectivity index (χ2v) is 4.56. The minimum Gasteiger partial charge on any atom is -0.550 e. The van der Waals surface area contributed by atoms with Crippen LogP contribution in [0.4, 0.5) is 0 Å². The number of halogens is 1. The van der Waals surface area contributed by atoms with Crippen LogP contribution < -0.4 is 5.11 Å². The minimum atomic E-state index is -1.16. The molecule has 90 valence electrons. The van der Waals surface area contributed by atoms with Crippen molar-refractivity contribution < 1.29 is 14.7 Å². The van der Waals surface area contributed by atoms with Crippen LogP contribution in [0.3, 0.4) is 0 Å². The Morgan fingerprint density at radius 2 is 2.29 bits per heavy atom. The van der Waals surface area contributed by atoms with Gasteiger partial charge < -0.3 is 14.8 Å². The highest BCUT2D eigenvalue weighted by Gasteiger charge is 2.30. The number of likely N-dealkylation sites (tertiary alicyclic amines) is 1. The molecule has 0 N–H and O–H groups in total. The number of carbonyl (C=O) groups excluding carboxylic acids is 2. The maximum Gasteiger partial charge on any atom is 0.223 e. The predicted molar refractivity (Wildman–Crippen MR) is 60.0 cm³/mol. The molecule has 0 bridgehead atoms. The van der Waals surface area contributed by atoms with Crippen LogP contribution in [0.15, 0.2) is 24.3 Å². The number of aliphatic carboxylic acids is 1. The summed E-state index contributed by atoms with van der Waals surface area (Å²) in [6, 6.07) is 7.17. The average molecular weight is 253 g/mol. The molecule has 1 fully saturated rings. The number of rotatable bonds is 3. The van der Waals surface area contributed by atoms with Crippen molar-refractivity contribution in [1.82, 2.24) is 4.90 Å². The van der Waals surface area contributed by atoms with Gasteiger partial charge in [0, 0.05) is 36.4 Å². The summed E-state index contributed by atoms with van der Waals surface area (Å²) < 4.78 is 0. The van der Waals surface area contributed by atoms with Gasteiger partial charge >= 0.3 is 0 Å². The lowest BCUT2D eigenvalue weighted by molar-refractivity contribution is -0.311. The lowest BCUT2D eigenvalue weighted by atomic mass is 10.1. The Morgan fingerprint density at radius 1 is 1.53 bits per heavy atom. The molecular weight excluding hydrogens is 242 g/mol. The molecule has 1 heterocycles. The maximum absolute atomic E-state index is 11.6. The summed E-state index contributed by atoms with van der Waals surface area (Å²) >= 11 is 5.84. The van der Waals surface area contributed by atoms with Crippen molar-refractivity contribution in [2.45, 2.75) is 13.0 Å². The Hall–Kier alpha value is -1.55. The second kappa shape index (κ2) is 4.75. The fraction of sp³-hybridized carbons (Fsp3) is 0.333. The van der Waals surface area contributed by atoms with Gasteiger partial charge in [0.1, 0.15) is 0 Å². The Bertz CT molecular complexity index is 461. The third-order valence-electron chi connectivity index (χ3n) is 2.81. The number of carboxylic acid groups (broad SMARTS) is 1. The van der Waals surface area contributed by atoms with Crippen LogP contribution in [0.25, 0.3) is 0 Å². The van der Waals surface area contributed by atoms with Crippen molar-refractivity contribution in [2.75, 3.05) is 6.54 Å². The van der Waals surface area contributed by atoms with Gasteiger partial charge in [0.2, 0.25) is 5.91 Å². The fourth-order valence-corrected chi connectivity index (χ4v) is 2.15. The SMILES string of the molecule is O=C([O-])[C@H]1CC(=O)N(Cc2cccc(Cl)c2)C1. The first-order valence-corrected chi connectivity index (χ1v) is 5.67. The van der Waals surface area contributed by atoms with E-state index in [4.69, 9.17) is 11.6 Å². The molecular formula is C12H11ClNO3-. The third kappa shape index (κ3) is 2.77. The molecule has 1 aliphatic rings. The van der Waals surface area contributed by atoms with E-state index in [0.717, 1.165) is 5.56 Å². The molecule has 2 rings (SSSR count). The van der Waals surface area contributed by atoms with Gasteiger partial charge in [0.05, 0.1) is 0 Å². The lowest BCUT2D eigenvalue weighted by Gasteiger charge is -2.17. The zero-order chi connectivity index (χ0) is 12.4. The number of nitrogens with zero attached hydrogens (tertiary/aromatic N) is 1. The molecule has 0 unspecified atom stereocenters. The topological polar surface area (TPSA) is 60.4 Å². The molecule has 1 aromatic carbocycles. The smallest absolute Gasteiger partial charge is 0.223 e. The third-order valence-corrected chi connectivity index (χ3v) is 3.05. The Kier molecular flexibility index (Phi) is 3.33. The minimum absolute atomic E-state index is 0.0307. The van der Waals surface area contributed by atoms with E-state index in [-0.39, 0.29) is 18.9 Å². The van der Waals surface area contributed by atoms with E-state index in [1.807, 2.05) is 6.07 Å². The van der Waals surface area contributed by atoms with E-state index in [0.29, 0.717) is 11.6 Å². The number of hydrogen-bond acceptors (Lipinski definition) is 3. The molecule has 0 aromatic heterocycles. The molecule has 0 spiro atoms. The Balaban J connectivity index is 2.05. The summed E-state index contributed by atoms with van der Waals surface area (Å²) in [5.74, 6) is -2.01. The number of amides is 1. The normalized spacial score (nSPS) is 19.7. The summed E-state index contributed by atoms with van der Waals surface area (Å²) in [5.41, 5.74) is 0.893. The standard InChI is InChI=1S/C12H12ClNO3/c13-10-3-1-2-8(4-10)6-14-7-9(12(16)17)5-11(14)15/h1-4,9H,5-7H2,(H,16,17)/p-1/t9-/m0/s1. The zero-order valence-corrected chi connectivity index (χ0v) is 9.81. The van der Waals surface area contributed by atoms with Crippen LogP contribution in [0.2, 0.25) is 5.02 Å². The van der Waals surface area contributed by atoms with Crippen molar-refractivity contribution in [3.63, 3.8) is 0 Å². The van der Waals surface area contributed by atoms with Crippen molar-refractivity contribution in [1.29, 1.82) is 0 Å². The van der Waals surface area contributed by atoms with Crippen molar-refractivity contribution >= 4 is 23.5 Å². The van der Waals surface area contributed by atoms with E-state index >= 15 is 0 Å². The molecule has 1 saturated heterocycles. The van der Waals surface area contributed by atoms with Gasteiger partial charge in [0.25, 0.3) is 0 Å². The highest BCUT2D eigenvalue weighted by Crippen LogP contribution is 2.20. The summed E-state index contributed by atoms with van der Waals surface area (Å²) in [6.07, 6.45) is 0.0307. The van der Waals surface area contributed by atoms with Gasteiger partial charge in [-0.05, 0) is 17.7 Å². The van der Waals surface area contributed by atoms with Gasteiger partial charge in [-0.1, -0.05) is 23.7 Å². The first-order chi connectivity index (χ1) is 8.06. The average Bonchev–Trinajstić information content (AvgIpc) is 2.61. The summed E-state index contributed by atoms with van der Waals surface area (Å²) in [7, 11) is 0. The highest BCUT2D eigenvalue weighted by atomic mass is 35.5. The number of carboxylic acids is 1. The molecule has 1 aromatic rings. The number of carbonyl (C=O) groups is 2. The highest BCUT2D eigenvalue weighted by molar-refractivity contribution is 6.30. The van der Waals surface area contributed by atoms with Gasteiger partial charge in [-0.25, -0.2) is 0 Å². The van der Waals surface area contributed by atoms with E-state index in [1.54, 1.807) is 18.2 Å². The lowest BCUT2D eigenvalue weighted by Crippen LogP contribution is -2.33. The summed E-state index contributed by atoms with van der Waals surface area (Å²) in [6.45, 7) is 0.608. The monoisotopic (exact) mass is 252 g/mol. The van der Waals surface area contributed by atoms with Crippen LogP contribution in [-0.2, 0) is 16.1 Å². The predicted octanol–water partition coefficient (Wildman–Crippen LogP) is 0.438. The van der Waals surface area contributed by atoms with Crippen LogP contribution in [0.5, 0.6) is 0 Å². The first kappa shape index (κ1) is 11.9. The van der Waals surface area contributed by atoms with Crippen molar-refractivity contribution in [3.8, 4) is 0 Å². The van der Waals surface area contributed by atoms with E-state index in [9.17, 15) is 14.7 Å². The fourth-order valence-electron chi connectivity index (χ4n) is 1.94. The van der Waals surface area contributed by atoms with E-state index in [2.05, 4.69) is 0 Å². The molecule has 0 saturated carbocycles. The van der Waals surface area contributed by atoms with Gasteiger partial charge in [-0.15, -0.1) is 0 Å². The van der Waals surface area contributed by atoms with Crippen molar-refractivity contribution in [3.05, 3.63) is 34.9 Å². The molecule has 0 radical (unpaired) electrons. The van der Waals surface area contributed by atoms with Crippen LogP contribution in [0.1, 0.15) is 12.0 Å². The van der Waals surface area contributed by atoms with Gasteiger partial charge in [0.15, 0.2) is 0 Å². The first-order valence-electron chi connectivity index (χ1n) is 5.29. The largest absolute Gasteiger partial charge is 0.550 e. The number of hydrogen-bond donors (Lipinski definition) is 0. The summed E-state index contributed by atoms with van der Waals surface area (Å²) in [4.78, 5) is 23.8. The number of benzene rings is 1. The molecule has 17 heavy (non-hydrogen) atoms. The van der Waals surface area contributed by atoms with E-state index < -0.39 is 11.9 Å². The molecule has 5 heteroatoms. The molecule has 0 aliphatic carbocycles. The van der Waals surface area contributed by atoms with Crippen LogP contribution >= 0.6 is 11.6 Å². The maximum atomic E-state index is 11.6. The van der Waals surface area contributed by atoms with Crippen molar-refractivity contribution in [2.24, 2.45) is 5.92 Å². The molecule has 4 nitrogen and oxygen atoms in total. The molecule has 1 amide bonds.